The van der Waals surface area contributed by atoms with E-state index >= 15 is 0 Å². The molecule has 160 valence electrons. The van der Waals surface area contributed by atoms with Gasteiger partial charge in [0, 0.05) is 49.7 Å². The van der Waals surface area contributed by atoms with E-state index in [2.05, 4.69) is 45.5 Å². The number of fused-ring (bicyclic) bond motifs is 1. The number of nitrogens with zero attached hydrogens (tertiary/aromatic N) is 2. The fourth-order valence-electron chi connectivity index (χ4n) is 3.86. The van der Waals surface area contributed by atoms with Crippen molar-refractivity contribution in [2.45, 2.75) is 12.5 Å². The second-order valence-corrected chi connectivity index (χ2v) is 8.61. The van der Waals surface area contributed by atoms with E-state index in [1.54, 1.807) is 11.3 Å². The van der Waals surface area contributed by atoms with Crippen LogP contribution in [0.5, 0.6) is 0 Å². The molecule has 1 atom stereocenters. The first-order valence-corrected chi connectivity index (χ1v) is 11.2. The highest BCUT2D eigenvalue weighted by atomic mass is 35.5. The Bertz CT molecular complexity index is 948. The molecule has 2 aromatic carbocycles. The van der Waals surface area contributed by atoms with Gasteiger partial charge in [0.05, 0.1) is 6.10 Å². The lowest BCUT2D eigenvalue weighted by molar-refractivity contribution is 0.108. The molecule has 2 heterocycles. The third-order valence-electron chi connectivity index (χ3n) is 5.66. The van der Waals surface area contributed by atoms with E-state index in [9.17, 15) is 5.11 Å². The van der Waals surface area contributed by atoms with Gasteiger partial charge < -0.3 is 15.7 Å². The summed E-state index contributed by atoms with van der Waals surface area (Å²) in [6.45, 7) is 6.19. The summed E-state index contributed by atoms with van der Waals surface area (Å²) in [6.07, 6.45) is 4.80. The van der Waals surface area contributed by atoms with E-state index < -0.39 is 0 Å². The van der Waals surface area contributed by atoms with E-state index in [4.69, 9.17) is 5.73 Å². The molecular weight excluding hydrogens is 414 g/mol. The third-order valence-corrected chi connectivity index (χ3v) is 6.65. The molecule has 0 bridgehead atoms. The number of nitrogens with two attached hydrogens (primary N) is 1. The summed E-state index contributed by atoms with van der Waals surface area (Å²) < 4.78 is 1.25. The van der Waals surface area contributed by atoms with Crippen LogP contribution in [0.25, 0.3) is 16.2 Å². The third kappa shape index (κ3) is 5.84. The molecule has 30 heavy (non-hydrogen) atoms. The van der Waals surface area contributed by atoms with Crippen LogP contribution in [-0.4, -0.2) is 54.2 Å². The van der Waals surface area contributed by atoms with Gasteiger partial charge in [0.15, 0.2) is 0 Å². The first-order valence-electron chi connectivity index (χ1n) is 10.3. The van der Waals surface area contributed by atoms with E-state index in [0.29, 0.717) is 0 Å². The zero-order valence-corrected chi connectivity index (χ0v) is 18.7. The zero-order valence-electron chi connectivity index (χ0n) is 17.1. The fraction of sp³-hybridized carbons (Fsp3) is 0.333. The molecule has 1 aliphatic heterocycles. The number of rotatable bonds is 7. The molecule has 1 fully saturated rings. The molecule has 3 N–H and O–H groups in total. The number of hydrogen-bond donors (Lipinski definition) is 2. The predicted molar refractivity (Wildman–Crippen MR) is 131 cm³/mol. The molecule has 4 rings (SSSR count). The molecule has 1 unspecified atom stereocenters. The Kier molecular flexibility index (Phi) is 8.31. The highest BCUT2D eigenvalue weighted by Crippen LogP contribution is 2.31. The van der Waals surface area contributed by atoms with Crippen LogP contribution in [0.4, 0.5) is 5.69 Å². The summed E-state index contributed by atoms with van der Waals surface area (Å²) in [5, 5.41) is 14.0. The lowest BCUT2D eigenvalue weighted by atomic mass is 10.1. The molecule has 0 amide bonds. The van der Waals surface area contributed by atoms with Crippen molar-refractivity contribution < 1.29 is 5.11 Å². The molecular formula is C24H30ClN3OS. The Morgan fingerprint density at radius 3 is 2.47 bits per heavy atom. The predicted octanol–water partition coefficient (Wildman–Crippen LogP) is 4.66. The minimum atomic E-state index is -0.382. The molecule has 0 spiro atoms. The second-order valence-electron chi connectivity index (χ2n) is 7.70. The van der Waals surface area contributed by atoms with E-state index in [-0.39, 0.29) is 18.5 Å². The SMILES string of the molecule is Cl.Nc1ccc(C=CCN2CCN(CCC(O)c3csc4ccccc34)CC2)cc1. The lowest BCUT2D eigenvalue weighted by Crippen LogP contribution is -2.46. The van der Waals surface area contributed by atoms with Gasteiger partial charge in [-0.25, -0.2) is 0 Å². The standard InChI is InChI=1S/C24H29N3OS.ClH/c25-20-9-7-19(8-10-20)4-3-12-26-14-16-27(17-15-26)13-11-23(28)22-18-29-24-6-2-1-5-21(22)24;/h1-10,18,23,28H,11-17,25H2;1H. The van der Waals surface area contributed by atoms with Crippen LogP contribution in [0.15, 0.2) is 60.0 Å². The average Bonchev–Trinajstić information content (AvgIpc) is 3.19. The van der Waals surface area contributed by atoms with Gasteiger partial charge in [-0.3, -0.25) is 4.90 Å². The first-order chi connectivity index (χ1) is 14.2. The highest BCUT2D eigenvalue weighted by Gasteiger charge is 2.18. The number of piperazine rings is 1. The Morgan fingerprint density at radius 2 is 1.70 bits per heavy atom. The lowest BCUT2D eigenvalue weighted by Gasteiger charge is -2.34. The van der Waals surface area contributed by atoms with Crippen molar-refractivity contribution in [1.82, 2.24) is 9.80 Å². The summed E-state index contributed by atoms with van der Waals surface area (Å²) >= 11 is 1.72. The maximum atomic E-state index is 10.7. The number of benzene rings is 2. The topological polar surface area (TPSA) is 52.7 Å². The van der Waals surface area contributed by atoms with Crippen molar-refractivity contribution in [1.29, 1.82) is 0 Å². The average molecular weight is 444 g/mol. The minimum absolute atomic E-state index is 0. The number of halogens is 1. The first kappa shape index (κ1) is 22.8. The van der Waals surface area contributed by atoms with Gasteiger partial charge in [0.2, 0.25) is 0 Å². The van der Waals surface area contributed by atoms with Crippen molar-refractivity contribution in [3.63, 3.8) is 0 Å². The number of aliphatic hydroxyl groups excluding tert-OH is 1. The molecule has 0 radical (unpaired) electrons. The van der Waals surface area contributed by atoms with Crippen LogP contribution in [0.3, 0.4) is 0 Å². The molecule has 4 nitrogen and oxygen atoms in total. The molecule has 0 aliphatic carbocycles. The smallest absolute Gasteiger partial charge is 0.0816 e. The summed E-state index contributed by atoms with van der Waals surface area (Å²) in [6, 6.07) is 16.3. The summed E-state index contributed by atoms with van der Waals surface area (Å²) in [5.41, 5.74) is 8.80. The van der Waals surface area contributed by atoms with E-state index in [0.717, 1.165) is 56.9 Å². The Balaban J connectivity index is 0.00000256. The molecule has 6 heteroatoms. The number of aliphatic hydroxyl groups is 1. The van der Waals surface area contributed by atoms with Crippen LogP contribution in [0.2, 0.25) is 0 Å². The number of thiophene rings is 1. The van der Waals surface area contributed by atoms with Crippen molar-refractivity contribution in [2.24, 2.45) is 0 Å². The number of hydrogen-bond acceptors (Lipinski definition) is 5. The van der Waals surface area contributed by atoms with Crippen LogP contribution in [0, 0.1) is 0 Å². The molecule has 1 aromatic heterocycles. The van der Waals surface area contributed by atoms with Gasteiger partial charge >= 0.3 is 0 Å². The number of nitrogen functional groups attached to an aromatic ring is 1. The Labute approximate surface area is 189 Å². The summed E-state index contributed by atoms with van der Waals surface area (Å²) in [7, 11) is 0. The van der Waals surface area contributed by atoms with E-state index in [1.807, 2.05) is 30.3 Å². The monoisotopic (exact) mass is 443 g/mol. The number of anilines is 1. The molecule has 1 aliphatic rings. The van der Waals surface area contributed by atoms with E-state index in [1.165, 1.54) is 15.6 Å². The quantitative estimate of drug-likeness (QED) is 0.521. The van der Waals surface area contributed by atoms with Crippen LogP contribution < -0.4 is 5.73 Å². The Morgan fingerprint density at radius 1 is 1.00 bits per heavy atom. The van der Waals surface area contributed by atoms with Crippen LogP contribution in [-0.2, 0) is 0 Å². The van der Waals surface area contributed by atoms with Gasteiger partial charge in [-0.2, -0.15) is 0 Å². The van der Waals surface area contributed by atoms with Gasteiger partial charge in [0.25, 0.3) is 0 Å². The van der Waals surface area contributed by atoms with Crippen molar-refractivity contribution in [2.75, 3.05) is 45.0 Å². The summed E-state index contributed by atoms with van der Waals surface area (Å²) in [4.78, 5) is 4.95. The highest BCUT2D eigenvalue weighted by molar-refractivity contribution is 7.17. The van der Waals surface area contributed by atoms with Crippen LogP contribution >= 0.6 is 23.7 Å². The van der Waals surface area contributed by atoms with Crippen molar-refractivity contribution in [3.05, 3.63) is 71.1 Å². The maximum Gasteiger partial charge on any atom is 0.0816 e. The normalized spacial score (nSPS) is 16.7. The van der Waals surface area contributed by atoms with Gasteiger partial charge in [-0.1, -0.05) is 42.5 Å². The Hall–Kier alpha value is -1.89. The van der Waals surface area contributed by atoms with Crippen molar-refractivity contribution in [3.8, 4) is 0 Å². The second kappa shape index (κ2) is 10.9. The molecule has 1 saturated heterocycles. The molecule has 3 aromatic rings. The fourth-order valence-corrected chi connectivity index (χ4v) is 4.87. The van der Waals surface area contributed by atoms with Crippen LogP contribution in [0.1, 0.15) is 23.7 Å². The molecule has 0 saturated carbocycles. The van der Waals surface area contributed by atoms with Gasteiger partial charge in [0.1, 0.15) is 0 Å². The van der Waals surface area contributed by atoms with Gasteiger partial charge in [-0.05, 0) is 46.5 Å². The summed E-state index contributed by atoms with van der Waals surface area (Å²) in [5.74, 6) is 0. The van der Waals surface area contributed by atoms with Gasteiger partial charge in [-0.15, -0.1) is 23.7 Å². The largest absolute Gasteiger partial charge is 0.399 e. The van der Waals surface area contributed by atoms with Crippen molar-refractivity contribution >= 4 is 45.6 Å². The maximum absolute atomic E-state index is 10.7. The zero-order chi connectivity index (χ0) is 20.1. The minimum Gasteiger partial charge on any atom is -0.399 e.